The molecule has 0 fully saturated rings. The monoisotopic (exact) mass is 402 g/mol. The molecule has 0 aliphatic rings. The summed E-state index contributed by atoms with van der Waals surface area (Å²) in [6.07, 6.45) is 7.05. The van der Waals surface area contributed by atoms with Gasteiger partial charge in [-0.2, -0.15) is 0 Å². The highest BCUT2D eigenvalue weighted by Gasteiger charge is 2.33. The van der Waals surface area contributed by atoms with Gasteiger partial charge in [-0.3, -0.25) is 0 Å². The van der Waals surface area contributed by atoms with Crippen LogP contribution in [0, 0.1) is 10.8 Å². The first-order valence-corrected chi connectivity index (χ1v) is 11.8. The zero-order chi connectivity index (χ0) is 22.3. The summed E-state index contributed by atoms with van der Waals surface area (Å²) in [7, 11) is 0. The molecule has 0 aliphatic carbocycles. The fourth-order valence-corrected chi connectivity index (χ4v) is 4.38. The van der Waals surface area contributed by atoms with E-state index in [2.05, 4.69) is 74.4 Å². The number of carbonyl (C=O) groups is 1. The quantitative estimate of drug-likeness (QED) is 0.346. The van der Waals surface area contributed by atoms with Crippen LogP contribution < -0.4 is 0 Å². The van der Waals surface area contributed by atoms with E-state index >= 15 is 0 Å². The Balaban J connectivity index is 3.10. The highest BCUT2D eigenvalue weighted by Crippen LogP contribution is 2.45. The molecule has 1 unspecified atom stereocenters. The van der Waals surface area contributed by atoms with Gasteiger partial charge < -0.3 is 4.74 Å². The van der Waals surface area contributed by atoms with Crippen LogP contribution in [-0.2, 0) is 4.74 Å². The van der Waals surface area contributed by atoms with Crippen LogP contribution in [0.2, 0.25) is 0 Å². The minimum Gasteiger partial charge on any atom is -0.455 e. The average Bonchev–Trinajstić information content (AvgIpc) is 2.65. The Bertz CT molecular complexity index is 613. The molecule has 0 heterocycles. The van der Waals surface area contributed by atoms with Crippen LogP contribution in [0.1, 0.15) is 129 Å². The molecule has 0 saturated carbocycles. The number of benzene rings is 1. The molecule has 0 aromatic heterocycles. The van der Waals surface area contributed by atoms with E-state index in [9.17, 15) is 4.79 Å². The lowest BCUT2D eigenvalue weighted by Crippen LogP contribution is -2.34. The van der Waals surface area contributed by atoms with Crippen molar-refractivity contribution >= 4 is 5.97 Å². The third kappa shape index (κ3) is 7.46. The molecule has 0 aliphatic heterocycles. The van der Waals surface area contributed by atoms with Crippen molar-refractivity contribution in [2.45, 2.75) is 119 Å². The normalized spacial score (nSPS) is 14.0. The average molecular weight is 403 g/mol. The third-order valence-corrected chi connectivity index (χ3v) is 6.58. The molecule has 0 radical (unpaired) electrons. The van der Waals surface area contributed by atoms with Crippen molar-refractivity contribution in [2.75, 3.05) is 0 Å². The van der Waals surface area contributed by atoms with Gasteiger partial charge in [0.2, 0.25) is 0 Å². The van der Waals surface area contributed by atoms with Gasteiger partial charge in [0.05, 0.1) is 5.56 Å². The first kappa shape index (κ1) is 25.7. The van der Waals surface area contributed by atoms with E-state index in [1.165, 1.54) is 5.56 Å². The van der Waals surface area contributed by atoms with Gasteiger partial charge in [-0.1, -0.05) is 93.7 Å². The predicted molar refractivity (Wildman–Crippen MR) is 126 cm³/mol. The molecule has 0 saturated heterocycles. The largest absolute Gasteiger partial charge is 0.455 e. The van der Waals surface area contributed by atoms with Gasteiger partial charge in [0.15, 0.2) is 0 Å². The number of rotatable bonds is 11. The van der Waals surface area contributed by atoms with Crippen LogP contribution in [0.3, 0.4) is 0 Å². The fraction of sp³-hybridized carbons (Fsp3) is 0.741. The number of hydrogen-bond donors (Lipinski definition) is 0. The molecule has 0 N–H and O–H groups in total. The maximum atomic E-state index is 12.9. The second kappa shape index (κ2) is 10.6. The van der Waals surface area contributed by atoms with E-state index < -0.39 is 0 Å². The standard InChI is InChI=1S/C27H46O2/c1-10-18-27(13-4,19-11-2)29-24(28)22-16-14-21(15-17-22)23(20-25(5,6)7)26(8,9)12-3/h14-17,23H,10-13,18-20H2,1-9H3. The van der Waals surface area contributed by atoms with Gasteiger partial charge in [-0.15, -0.1) is 0 Å². The lowest BCUT2D eigenvalue weighted by Gasteiger charge is -2.38. The molecule has 2 heteroatoms. The summed E-state index contributed by atoms with van der Waals surface area (Å²) in [5, 5.41) is 0. The van der Waals surface area contributed by atoms with Crippen molar-refractivity contribution in [3.63, 3.8) is 0 Å². The van der Waals surface area contributed by atoms with Crippen LogP contribution in [0.5, 0.6) is 0 Å². The van der Waals surface area contributed by atoms with Crippen molar-refractivity contribution in [3.05, 3.63) is 35.4 Å². The molecule has 166 valence electrons. The van der Waals surface area contributed by atoms with Crippen LogP contribution in [-0.4, -0.2) is 11.6 Å². The molecule has 0 amide bonds. The lowest BCUT2D eigenvalue weighted by molar-refractivity contribution is -0.0305. The van der Waals surface area contributed by atoms with Gasteiger partial charge >= 0.3 is 5.97 Å². The van der Waals surface area contributed by atoms with Gasteiger partial charge in [-0.05, 0) is 60.1 Å². The zero-order valence-corrected chi connectivity index (χ0v) is 20.7. The van der Waals surface area contributed by atoms with Crippen molar-refractivity contribution in [1.29, 1.82) is 0 Å². The van der Waals surface area contributed by atoms with E-state index in [0.29, 0.717) is 11.5 Å². The lowest BCUT2D eigenvalue weighted by atomic mass is 9.67. The van der Waals surface area contributed by atoms with Crippen molar-refractivity contribution in [1.82, 2.24) is 0 Å². The van der Waals surface area contributed by atoms with Gasteiger partial charge in [0.25, 0.3) is 0 Å². The van der Waals surface area contributed by atoms with Crippen LogP contribution in [0.4, 0.5) is 0 Å². The van der Waals surface area contributed by atoms with Crippen LogP contribution in [0.25, 0.3) is 0 Å². The maximum Gasteiger partial charge on any atom is 0.338 e. The van der Waals surface area contributed by atoms with Crippen LogP contribution in [0.15, 0.2) is 24.3 Å². The Morgan fingerprint density at radius 2 is 1.38 bits per heavy atom. The summed E-state index contributed by atoms with van der Waals surface area (Å²) in [6, 6.07) is 8.24. The summed E-state index contributed by atoms with van der Waals surface area (Å²) in [5.74, 6) is 0.287. The van der Waals surface area contributed by atoms with Crippen molar-refractivity contribution < 1.29 is 9.53 Å². The molecule has 29 heavy (non-hydrogen) atoms. The van der Waals surface area contributed by atoms with Crippen molar-refractivity contribution in [2.24, 2.45) is 10.8 Å². The highest BCUT2D eigenvalue weighted by molar-refractivity contribution is 5.89. The Morgan fingerprint density at radius 3 is 1.76 bits per heavy atom. The second-order valence-corrected chi connectivity index (χ2v) is 10.7. The number of ether oxygens (including phenoxy) is 1. The summed E-state index contributed by atoms with van der Waals surface area (Å²) < 4.78 is 6.08. The van der Waals surface area contributed by atoms with E-state index in [1.54, 1.807) is 0 Å². The molecular weight excluding hydrogens is 356 g/mol. The smallest absolute Gasteiger partial charge is 0.338 e. The molecule has 1 aromatic rings. The summed E-state index contributed by atoms with van der Waals surface area (Å²) in [6.45, 7) is 20.4. The number of carbonyl (C=O) groups excluding carboxylic acids is 1. The molecule has 1 atom stereocenters. The summed E-state index contributed by atoms with van der Waals surface area (Å²) in [4.78, 5) is 12.9. The topological polar surface area (TPSA) is 26.3 Å². The van der Waals surface area contributed by atoms with E-state index in [0.717, 1.165) is 44.9 Å². The van der Waals surface area contributed by atoms with Gasteiger partial charge in [0.1, 0.15) is 5.60 Å². The summed E-state index contributed by atoms with van der Waals surface area (Å²) >= 11 is 0. The number of hydrogen-bond acceptors (Lipinski definition) is 2. The van der Waals surface area contributed by atoms with Gasteiger partial charge in [-0.25, -0.2) is 4.79 Å². The molecule has 0 bridgehead atoms. The zero-order valence-electron chi connectivity index (χ0n) is 20.7. The first-order valence-electron chi connectivity index (χ1n) is 11.8. The maximum absolute atomic E-state index is 12.9. The molecule has 1 aromatic carbocycles. The molecular formula is C27H46O2. The first-order chi connectivity index (χ1) is 13.4. The summed E-state index contributed by atoms with van der Waals surface area (Å²) in [5.41, 5.74) is 2.15. The second-order valence-electron chi connectivity index (χ2n) is 10.7. The third-order valence-electron chi connectivity index (χ3n) is 6.58. The van der Waals surface area contributed by atoms with Crippen molar-refractivity contribution in [3.8, 4) is 0 Å². The minimum absolute atomic E-state index is 0.178. The Labute approximate surface area is 180 Å². The molecule has 0 spiro atoms. The van der Waals surface area contributed by atoms with E-state index in [-0.39, 0.29) is 22.4 Å². The Kier molecular flexibility index (Phi) is 9.44. The highest BCUT2D eigenvalue weighted by atomic mass is 16.6. The van der Waals surface area contributed by atoms with E-state index in [4.69, 9.17) is 4.74 Å². The van der Waals surface area contributed by atoms with Gasteiger partial charge in [0, 0.05) is 0 Å². The SMILES string of the molecule is CCCC(CC)(CCC)OC(=O)c1ccc(C(CC(C)(C)C)C(C)(C)CC)cc1. The van der Waals surface area contributed by atoms with Crippen LogP contribution >= 0.6 is 0 Å². The minimum atomic E-state index is -0.321. The Morgan fingerprint density at radius 1 is 0.862 bits per heavy atom. The molecule has 1 rings (SSSR count). The number of esters is 1. The molecule has 2 nitrogen and oxygen atoms in total. The Hall–Kier alpha value is -1.31. The predicted octanol–water partition coefficient (Wildman–Crippen LogP) is 8.55. The van der Waals surface area contributed by atoms with E-state index in [1.807, 2.05) is 12.1 Å². The fourth-order valence-electron chi connectivity index (χ4n) is 4.38.